The lowest BCUT2D eigenvalue weighted by molar-refractivity contribution is 1.30. The summed E-state index contributed by atoms with van der Waals surface area (Å²) in [5.74, 6) is 0. The fraction of sp³-hybridized carbons (Fsp3) is 0.211. The fourth-order valence-corrected chi connectivity index (χ4v) is 2.81. The lowest BCUT2D eigenvalue weighted by atomic mass is 10.00. The van der Waals surface area contributed by atoms with Gasteiger partial charge in [0.1, 0.15) is 0 Å². The highest BCUT2D eigenvalue weighted by atomic mass is 14.7. The highest BCUT2D eigenvalue weighted by Gasteiger charge is 2.07. The predicted molar refractivity (Wildman–Crippen MR) is 86.1 cm³/mol. The van der Waals surface area contributed by atoms with Crippen molar-refractivity contribution in [2.45, 2.75) is 27.7 Å². The molecule has 0 saturated carbocycles. The number of aromatic nitrogens is 1. The first-order chi connectivity index (χ1) is 9.52. The van der Waals surface area contributed by atoms with Gasteiger partial charge in [0.05, 0.1) is 11.2 Å². The Labute approximate surface area is 120 Å². The topological polar surface area (TPSA) is 12.9 Å². The average Bonchev–Trinajstić information content (AvgIpc) is 2.36. The van der Waals surface area contributed by atoms with Gasteiger partial charge >= 0.3 is 0 Å². The SMILES string of the molecule is Cc1cc(C)cc(-c2nc3ccc(C)cc3cc2C)c1. The molecular formula is C19H19N. The van der Waals surface area contributed by atoms with Crippen molar-refractivity contribution >= 4 is 10.9 Å². The van der Waals surface area contributed by atoms with Gasteiger partial charge in [0.2, 0.25) is 0 Å². The van der Waals surface area contributed by atoms with E-state index in [0.29, 0.717) is 0 Å². The van der Waals surface area contributed by atoms with Crippen LogP contribution in [0.1, 0.15) is 22.3 Å². The third kappa shape index (κ3) is 2.32. The minimum absolute atomic E-state index is 1.07. The Bertz CT molecular complexity index is 780. The first-order valence-electron chi connectivity index (χ1n) is 6.99. The molecule has 100 valence electrons. The van der Waals surface area contributed by atoms with E-state index in [4.69, 9.17) is 4.98 Å². The van der Waals surface area contributed by atoms with E-state index in [-0.39, 0.29) is 0 Å². The van der Waals surface area contributed by atoms with Crippen LogP contribution in [0, 0.1) is 27.7 Å². The van der Waals surface area contributed by atoms with Gasteiger partial charge in [-0.25, -0.2) is 4.98 Å². The smallest absolute Gasteiger partial charge is 0.0739 e. The number of nitrogens with zero attached hydrogens (tertiary/aromatic N) is 1. The molecule has 0 N–H and O–H groups in total. The van der Waals surface area contributed by atoms with Crippen LogP contribution in [0.3, 0.4) is 0 Å². The van der Waals surface area contributed by atoms with Crippen molar-refractivity contribution < 1.29 is 0 Å². The Hall–Kier alpha value is -2.15. The van der Waals surface area contributed by atoms with Crippen LogP contribution in [0.25, 0.3) is 22.2 Å². The monoisotopic (exact) mass is 261 g/mol. The maximum absolute atomic E-state index is 4.87. The average molecular weight is 261 g/mol. The van der Waals surface area contributed by atoms with Gasteiger partial charge in [-0.05, 0) is 63.6 Å². The van der Waals surface area contributed by atoms with Gasteiger partial charge in [-0.2, -0.15) is 0 Å². The zero-order valence-electron chi connectivity index (χ0n) is 12.5. The van der Waals surface area contributed by atoms with E-state index in [1.165, 1.54) is 33.2 Å². The quantitative estimate of drug-likeness (QED) is 0.591. The molecule has 3 aromatic rings. The molecular weight excluding hydrogens is 242 g/mol. The van der Waals surface area contributed by atoms with Crippen molar-refractivity contribution in [3.8, 4) is 11.3 Å². The molecule has 0 aliphatic heterocycles. The summed E-state index contributed by atoms with van der Waals surface area (Å²) in [5, 5.41) is 1.22. The van der Waals surface area contributed by atoms with Crippen molar-refractivity contribution in [2.75, 3.05) is 0 Å². The zero-order chi connectivity index (χ0) is 14.3. The minimum atomic E-state index is 1.07. The maximum atomic E-state index is 4.87. The third-order valence-electron chi connectivity index (χ3n) is 3.66. The Morgan fingerprint density at radius 1 is 0.700 bits per heavy atom. The van der Waals surface area contributed by atoms with Crippen molar-refractivity contribution in [1.82, 2.24) is 4.98 Å². The van der Waals surface area contributed by atoms with Gasteiger partial charge in [0, 0.05) is 10.9 Å². The molecule has 0 spiro atoms. The molecule has 0 radical (unpaired) electrons. The molecule has 0 saturated heterocycles. The lowest BCUT2D eigenvalue weighted by Crippen LogP contribution is -1.92. The van der Waals surface area contributed by atoms with Crippen LogP contribution in [-0.4, -0.2) is 4.98 Å². The van der Waals surface area contributed by atoms with Gasteiger partial charge in [-0.1, -0.05) is 28.8 Å². The van der Waals surface area contributed by atoms with E-state index < -0.39 is 0 Å². The van der Waals surface area contributed by atoms with Crippen LogP contribution in [-0.2, 0) is 0 Å². The standard InChI is InChI=1S/C19H19N/c1-12-5-6-18-16(8-12)11-15(4)19(20-18)17-9-13(2)7-14(3)10-17/h5-11H,1-4H3. The number of pyridine rings is 1. The van der Waals surface area contributed by atoms with Gasteiger partial charge in [-0.3, -0.25) is 0 Å². The molecule has 0 amide bonds. The molecule has 0 fully saturated rings. The van der Waals surface area contributed by atoms with Crippen molar-refractivity contribution in [1.29, 1.82) is 0 Å². The Balaban J connectivity index is 2.25. The molecule has 2 aromatic carbocycles. The van der Waals surface area contributed by atoms with E-state index in [2.05, 4.69) is 70.2 Å². The number of benzene rings is 2. The predicted octanol–water partition coefficient (Wildman–Crippen LogP) is 5.14. The summed E-state index contributed by atoms with van der Waals surface area (Å²) in [4.78, 5) is 4.87. The molecule has 1 nitrogen and oxygen atoms in total. The highest BCUT2D eigenvalue weighted by molar-refractivity contribution is 5.84. The first kappa shape index (κ1) is 12.9. The second-order valence-electron chi connectivity index (χ2n) is 5.73. The molecule has 0 aliphatic rings. The summed E-state index contributed by atoms with van der Waals surface area (Å²) in [6.07, 6.45) is 0. The van der Waals surface area contributed by atoms with Gasteiger partial charge in [0.15, 0.2) is 0 Å². The maximum Gasteiger partial charge on any atom is 0.0739 e. The third-order valence-corrected chi connectivity index (χ3v) is 3.66. The molecule has 0 bridgehead atoms. The van der Waals surface area contributed by atoms with Crippen molar-refractivity contribution in [2.24, 2.45) is 0 Å². The van der Waals surface area contributed by atoms with Crippen LogP contribution in [0.5, 0.6) is 0 Å². The van der Waals surface area contributed by atoms with Crippen LogP contribution >= 0.6 is 0 Å². The zero-order valence-corrected chi connectivity index (χ0v) is 12.5. The normalized spacial score (nSPS) is 11.0. The molecule has 1 heteroatoms. The summed E-state index contributed by atoms with van der Waals surface area (Å²) >= 11 is 0. The van der Waals surface area contributed by atoms with E-state index in [9.17, 15) is 0 Å². The summed E-state index contributed by atoms with van der Waals surface area (Å²) in [6, 6.07) is 15.3. The first-order valence-corrected chi connectivity index (χ1v) is 6.99. The Morgan fingerprint density at radius 3 is 2.10 bits per heavy atom. The molecule has 20 heavy (non-hydrogen) atoms. The van der Waals surface area contributed by atoms with Crippen LogP contribution in [0.2, 0.25) is 0 Å². The fourth-order valence-electron chi connectivity index (χ4n) is 2.81. The van der Waals surface area contributed by atoms with Gasteiger partial charge in [-0.15, -0.1) is 0 Å². The van der Waals surface area contributed by atoms with Crippen molar-refractivity contribution in [3.05, 3.63) is 64.7 Å². The van der Waals surface area contributed by atoms with Gasteiger partial charge < -0.3 is 0 Å². The number of rotatable bonds is 1. The molecule has 0 aliphatic carbocycles. The van der Waals surface area contributed by atoms with Gasteiger partial charge in [0.25, 0.3) is 0 Å². The summed E-state index contributed by atoms with van der Waals surface area (Å²) in [6.45, 7) is 8.53. The molecule has 1 aromatic heterocycles. The van der Waals surface area contributed by atoms with Crippen LogP contribution in [0.15, 0.2) is 42.5 Å². The molecule has 3 rings (SSSR count). The second-order valence-corrected chi connectivity index (χ2v) is 5.73. The van der Waals surface area contributed by atoms with E-state index >= 15 is 0 Å². The molecule has 0 atom stereocenters. The number of hydrogen-bond acceptors (Lipinski definition) is 1. The molecule has 1 heterocycles. The molecule has 0 unspecified atom stereocenters. The van der Waals surface area contributed by atoms with E-state index in [1.54, 1.807) is 0 Å². The number of hydrogen-bond donors (Lipinski definition) is 0. The Morgan fingerprint density at radius 2 is 1.40 bits per heavy atom. The largest absolute Gasteiger partial charge is 0.248 e. The number of aryl methyl sites for hydroxylation is 4. The second kappa shape index (κ2) is 4.75. The lowest BCUT2D eigenvalue weighted by Gasteiger charge is -2.10. The number of fused-ring (bicyclic) bond motifs is 1. The summed E-state index contributed by atoms with van der Waals surface area (Å²) in [7, 11) is 0. The highest BCUT2D eigenvalue weighted by Crippen LogP contribution is 2.27. The summed E-state index contributed by atoms with van der Waals surface area (Å²) in [5.41, 5.74) is 8.44. The summed E-state index contributed by atoms with van der Waals surface area (Å²) < 4.78 is 0. The van der Waals surface area contributed by atoms with E-state index in [0.717, 1.165) is 11.2 Å². The van der Waals surface area contributed by atoms with Crippen LogP contribution in [0.4, 0.5) is 0 Å². The van der Waals surface area contributed by atoms with E-state index in [1.807, 2.05) is 0 Å². The Kier molecular flexibility index (Phi) is 3.06. The minimum Gasteiger partial charge on any atom is -0.248 e. The van der Waals surface area contributed by atoms with Crippen LogP contribution < -0.4 is 0 Å². The van der Waals surface area contributed by atoms with Crippen molar-refractivity contribution in [3.63, 3.8) is 0 Å².